The first kappa shape index (κ1) is 24.6. The van der Waals surface area contributed by atoms with Crippen molar-refractivity contribution in [3.8, 4) is 0 Å². The predicted octanol–water partition coefficient (Wildman–Crippen LogP) is 3.72. The first-order chi connectivity index (χ1) is 14.1. The molecule has 8 atom stereocenters. The Bertz CT molecular complexity index is 654. The van der Waals surface area contributed by atoms with E-state index in [1.807, 2.05) is 13.8 Å². The first-order valence-corrected chi connectivity index (χ1v) is 11.3. The van der Waals surface area contributed by atoms with Crippen LogP contribution in [0.1, 0.15) is 66.2 Å². The normalized spacial score (nSPS) is 31.3. The molecule has 0 unspecified atom stereocenters. The molecule has 0 bridgehead atoms. The minimum Gasteiger partial charge on any atom is -0.481 e. The molecular formula is C24H38O6. The van der Waals surface area contributed by atoms with E-state index in [9.17, 15) is 19.8 Å². The maximum Gasteiger partial charge on any atom is 0.308 e. The third-order valence-corrected chi connectivity index (χ3v) is 6.67. The molecule has 6 nitrogen and oxygen atoms in total. The average molecular weight is 423 g/mol. The largest absolute Gasteiger partial charge is 0.481 e. The number of aliphatic hydroxyl groups excluding tert-OH is 2. The lowest BCUT2D eigenvalue weighted by Gasteiger charge is -2.43. The van der Waals surface area contributed by atoms with Gasteiger partial charge in [0.15, 0.2) is 0 Å². The van der Waals surface area contributed by atoms with Gasteiger partial charge in [0.1, 0.15) is 6.10 Å². The molecule has 30 heavy (non-hydrogen) atoms. The molecule has 2 aliphatic rings. The van der Waals surface area contributed by atoms with E-state index in [0.29, 0.717) is 12.3 Å². The zero-order chi connectivity index (χ0) is 22.4. The summed E-state index contributed by atoms with van der Waals surface area (Å²) in [6.45, 7) is 8.16. The number of rotatable bonds is 10. The monoisotopic (exact) mass is 422 g/mol. The van der Waals surface area contributed by atoms with Gasteiger partial charge in [-0.3, -0.25) is 9.59 Å². The van der Waals surface area contributed by atoms with Gasteiger partial charge in [-0.1, -0.05) is 45.9 Å². The van der Waals surface area contributed by atoms with E-state index < -0.39 is 18.2 Å². The third kappa shape index (κ3) is 6.67. The standard InChI is InChI=1S/C24H38O6/c1-5-15(3)24(29)30-21-11-14(2)10-17-7-6-16(4)20(23(17)21)9-8-18(25)12-19(26)13-22(27)28/h6-7,10,14-16,18-21,23,25-26H,5,8-9,11-13H2,1-4H3,(H,27,28)/t14-,15-,16+,18+,19+,20+,21+,23-/m0/s1. The van der Waals surface area contributed by atoms with Crippen molar-refractivity contribution in [3.05, 3.63) is 23.8 Å². The van der Waals surface area contributed by atoms with Crippen molar-refractivity contribution >= 4 is 11.9 Å². The number of aliphatic carboxylic acids is 1. The molecule has 0 aromatic heterocycles. The molecule has 0 aliphatic heterocycles. The fourth-order valence-electron chi connectivity index (χ4n) is 4.76. The van der Waals surface area contributed by atoms with Gasteiger partial charge in [0.05, 0.1) is 24.5 Å². The van der Waals surface area contributed by atoms with Crippen LogP contribution in [-0.4, -0.2) is 45.6 Å². The molecule has 170 valence electrons. The van der Waals surface area contributed by atoms with Crippen molar-refractivity contribution < 1.29 is 29.6 Å². The number of hydrogen-bond donors (Lipinski definition) is 3. The smallest absolute Gasteiger partial charge is 0.308 e. The molecule has 0 amide bonds. The molecule has 0 radical (unpaired) electrons. The number of carbonyl (C=O) groups is 2. The van der Waals surface area contributed by atoms with Gasteiger partial charge in [-0.25, -0.2) is 0 Å². The Hall–Kier alpha value is -1.66. The number of esters is 1. The van der Waals surface area contributed by atoms with Crippen LogP contribution in [0.4, 0.5) is 0 Å². The Balaban J connectivity index is 2.09. The van der Waals surface area contributed by atoms with Crippen molar-refractivity contribution in [3.63, 3.8) is 0 Å². The van der Waals surface area contributed by atoms with E-state index in [4.69, 9.17) is 9.84 Å². The number of aliphatic hydroxyl groups is 2. The predicted molar refractivity (Wildman–Crippen MR) is 115 cm³/mol. The zero-order valence-corrected chi connectivity index (χ0v) is 18.7. The summed E-state index contributed by atoms with van der Waals surface area (Å²) in [7, 11) is 0. The van der Waals surface area contributed by atoms with Crippen LogP contribution in [0.5, 0.6) is 0 Å². The Morgan fingerprint density at radius 2 is 1.93 bits per heavy atom. The molecular weight excluding hydrogens is 384 g/mol. The quantitative estimate of drug-likeness (QED) is 0.464. The molecule has 0 fully saturated rings. The molecule has 3 N–H and O–H groups in total. The molecule has 0 saturated heterocycles. The molecule has 0 aromatic rings. The van der Waals surface area contributed by atoms with Crippen LogP contribution in [0.25, 0.3) is 0 Å². The highest BCUT2D eigenvalue weighted by Crippen LogP contribution is 2.45. The van der Waals surface area contributed by atoms with Crippen LogP contribution >= 0.6 is 0 Å². The number of carboxylic acids is 1. The number of fused-ring (bicyclic) bond motifs is 1. The van der Waals surface area contributed by atoms with Crippen molar-refractivity contribution in [1.29, 1.82) is 0 Å². The van der Waals surface area contributed by atoms with E-state index in [1.165, 1.54) is 5.57 Å². The van der Waals surface area contributed by atoms with E-state index in [1.54, 1.807) is 0 Å². The van der Waals surface area contributed by atoms with Crippen molar-refractivity contribution in [2.45, 2.75) is 84.5 Å². The maximum absolute atomic E-state index is 12.5. The van der Waals surface area contributed by atoms with Gasteiger partial charge in [-0.2, -0.15) is 0 Å². The summed E-state index contributed by atoms with van der Waals surface area (Å²) in [6, 6.07) is 0. The summed E-state index contributed by atoms with van der Waals surface area (Å²) in [6.07, 6.45) is 7.07. The van der Waals surface area contributed by atoms with Gasteiger partial charge in [0.2, 0.25) is 0 Å². The second-order valence-corrected chi connectivity index (χ2v) is 9.29. The number of allylic oxidation sites excluding steroid dienone is 3. The number of carboxylic acid groups (broad SMARTS) is 1. The van der Waals surface area contributed by atoms with Gasteiger partial charge in [-0.05, 0) is 55.4 Å². The van der Waals surface area contributed by atoms with E-state index in [2.05, 4.69) is 32.1 Å². The van der Waals surface area contributed by atoms with Crippen LogP contribution in [0.2, 0.25) is 0 Å². The van der Waals surface area contributed by atoms with Gasteiger partial charge in [-0.15, -0.1) is 0 Å². The highest BCUT2D eigenvalue weighted by Gasteiger charge is 2.41. The Kier molecular flexibility index (Phi) is 9.10. The van der Waals surface area contributed by atoms with Gasteiger partial charge in [0.25, 0.3) is 0 Å². The van der Waals surface area contributed by atoms with Crippen LogP contribution in [0.15, 0.2) is 23.8 Å². The van der Waals surface area contributed by atoms with Crippen LogP contribution in [-0.2, 0) is 14.3 Å². The summed E-state index contributed by atoms with van der Waals surface area (Å²) in [4.78, 5) is 23.2. The molecule has 2 aliphatic carbocycles. The second-order valence-electron chi connectivity index (χ2n) is 9.29. The van der Waals surface area contributed by atoms with Gasteiger partial charge < -0.3 is 20.1 Å². The topological polar surface area (TPSA) is 104 Å². The van der Waals surface area contributed by atoms with E-state index in [0.717, 1.165) is 19.3 Å². The summed E-state index contributed by atoms with van der Waals surface area (Å²) in [5.74, 6) is -0.406. The van der Waals surface area contributed by atoms with E-state index in [-0.39, 0.29) is 48.6 Å². The third-order valence-electron chi connectivity index (χ3n) is 6.67. The number of carbonyl (C=O) groups excluding carboxylic acids is 1. The summed E-state index contributed by atoms with van der Waals surface area (Å²) in [5.41, 5.74) is 1.21. The molecule has 2 rings (SSSR count). The van der Waals surface area contributed by atoms with Crippen molar-refractivity contribution in [1.82, 2.24) is 0 Å². The highest BCUT2D eigenvalue weighted by molar-refractivity contribution is 5.72. The van der Waals surface area contributed by atoms with Crippen LogP contribution < -0.4 is 0 Å². The Morgan fingerprint density at radius 3 is 2.57 bits per heavy atom. The van der Waals surface area contributed by atoms with Gasteiger partial charge >= 0.3 is 11.9 Å². The molecule has 0 heterocycles. The second kappa shape index (κ2) is 11.1. The fourth-order valence-corrected chi connectivity index (χ4v) is 4.76. The SMILES string of the molecule is CC[C@H](C)C(=O)O[C@@H]1C[C@@H](C)C=C2C=C[C@@H](C)[C@@H](CC[C@@H](O)C[C@@H](O)CC(=O)O)[C@H]21. The summed E-state index contributed by atoms with van der Waals surface area (Å²) in [5, 5.41) is 28.9. The minimum atomic E-state index is -1.07. The van der Waals surface area contributed by atoms with Crippen molar-refractivity contribution in [2.24, 2.45) is 29.6 Å². The lowest BCUT2D eigenvalue weighted by Crippen LogP contribution is -2.41. The molecule has 0 aromatic carbocycles. The van der Waals surface area contributed by atoms with E-state index >= 15 is 0 Å². The number of hydrogen-bond acceptors (Lipinski definition) is 5. The fraction of sp³-hybridized carbons (Fsp3) is 0.750. The summed E-state index contributed by atoms with van der Waals surface area (Å²) >= 11 is 0. The molecule has 0 saturated carbocycles. The van der Waals surface area contributed by atoms with Gasteiger partial charge in [0, 0.05) is 5.92 Å². The zero-order valence-electron chi connectivity index (χ0n) is 18.7. The van der Waals surface area contributed by atoms with Crippen LogP contribution in [0.3, 0.4) is 0 Å². The number of ether oxygens (including phenoxy) is 1. The summed E-state index contributed by atoms with van der Waals surface area (Å²) < 4.78 is 6.00. The first-order valence-electron chi connectivity index (χ1n) is 11.3. The molecule has 0 spiro atoms. The average Bonchev–Trinajstić information content (AvgIpc) is 2.65. The van der Waals surface area contributed by atoms with Crippen molar-refractivity contribution in [2.75, 3.05) is 0 Å². The van der Waals surface area contributed by atoms with Crippen LogP contribution in [0, 0.1) is 29.6 Å². The molecule has 6 heteroatoms. The lowest BCUT2D eigenvalue weighted by molar-refractivity contribution is -0.158. The lowest BCUT2D eigenvalue weighted by atomic mass is 9.65. The Labute approximate surface area is 180 Å². The Morgan fingerprint density at radius 1 is 1.23 bits per heavy atom. The highest BCUT2D eigenvalue weighted by atomic mass is 16.5. The maximum atomic E-state index is 12.5. The minimum absolute atomic E-state index is 0.0556.